The van der Waals surface area contributed by atoms with Gasteiger partial charge in [0.1, 0.15) is 5.82 Å². The topological polar surface area (TPSA) is 162 Å². The molecular weight excluding hydrogens is 1200 g/mol. The van der Waals surface area contributed by atoms with Crippen LogP contribution in [0.3, 0.4) is 0 Å². The summed E-state index contributed by atoms with van der Waals surface area (Å²) < 4.78 is 202. The zero-order chi connectivity index (χ0) is 86.6. The van der Waals surface area contributed by atoms with Gasteiger partial charge in [0.2, 0.25) is 47.3 Å². The molecule has 506 valence electrons. The van der Waals surface area contributed by atoms with Crippen LogP contribution in [0.1, 0.15) is 229 Å². The Hall–Kier alpha value is -7.43. The largest absolute Gasteiger partial charge is 0.332 e. The van der Waals surface area contributed by atoms with Gasteiger partial charge >= 0.3 is 0 Å². The SMILES string of the molecule is [2H]C1(C)CCC(C(=O)N2CC(=O)N3CCc4ccc(F)cc4C3C2)CC1.[2H]C1([2H])C(C(=O)N2CC(=O)N3CCc4ccccc4C3C2)C([2H])([2H])C([2H])([2H])C([2H])(C)C1([2H])[2H].[2H]C1([2H])C([2H])([2H])C([2H])([2H])C([2H])(C(=O)N2CC(=O)N3CCc4ccccc4C3C2)C([2H])([2H])C1([2H])[2H].[2H]C1([2H])CCC(C(=O)N2CC(=O)N3CCc4ccccc4C3C2)CC1. The Morgan fingerprint density at radius 3 is 1.20 bits per heavy atom. The number of benzene rings is 4. The summed E-state index contributed by atoms with van der Waals surface area (Å²) in [5.74, 6) is -13.5. The average Bonchev–Trinajstić information content (AvgIpc) is 0.662. The summed E-state index contributed by atoms with van der Waals surface area (Å²) in [6, 6.07) is 26.2. The van der Waals surface area contributed by atoms with Crippen molar-refractivity contribution in [1.29, 1.82) is 0 Å². The molecule has 4 unspecified atom stereocenters. The maximum atomic E-state index is 13.8. The fraction of sp³-hybridized carbons (Fsp3) is 0.590. The van der Waals surface area contributed by atoms with Gasteiger partial charge in [0.15, 0.2) is 0 Å². The summed E-state index contributed by atoms with van der Waals surface area (Å²) in [5.41, 5.74) is 7.89. The maximum absolute atomic E-state index is 13.8. The number of piperazine rings is 4. The molecule has 0 spiro atoms. The van der Waals surface area contributed by atoms with Crippen LogP contribution in [0.4, 0.5) is 4.39 Å². The number of fused-ring (bicyclic) bond motifs is 12. The maximum Gasteiger partial charge on any atom is 0.242 e. The molecule has 8 fully saturated rings. The van der Waals surface area contributed by atoms with Gasteiger partial charge in [-0.3, -0.25) is 38.4 Å². The van der Waals surface area contributed by atoms with Crippen LogP contribution in [0.5, 0.6) is 0 Å². The van der Waals surface area contributed by atoms with Crippen molar-refractivity contribution in [3.63, 3.8) is 0 Å². The van der Waals surface area contributed by atoms with Crippen LogP contribution in [0.25, 0.3) is 0 Å². The van der Waals surface area contributed by atoms with E-state index in [1.807, 2.05) is 60.4 Å². The Morgan fingerprint density at radius 1 is 0.400 bits per heavy atom. The van der Waals surface area contributed by atoms with E-state index >= 15 is 0 Å². The molecule has 4 aromatic carbocycles. The molecule has 95 heavy (non-hydrogen) atoms. The Kier molecular flexibility index (Phi) is 13.6. The van der Waals surface area contributed by atoms with Crippen LogP contribution in [0.2, 0.25) is 0 Å². The number of carbonyl (C=O) groups excluding carboxylic acids is 8. The number of nitrogens with zero attached hydrogens (tertiary/aromatic N) is 8. The minimum absolute atomic E-state index is 0.0250. The summed E-state index contributed by atoms with van der Waals surface area (Å²) in [7, 11) is 0. The lowest BCUT2D eigenvalue weighted by Gasteiger charge is -2.45. The first-order valence-corrected chi connectivity index (χ1v) is 33.5. The van der Waals surface area contributed by atoms with Crippen molar-refractivity contribution in [2.45, 2.75) is 179 Å². The molecule has 0 radical (unpaired) electrons. The summed E-state index contributed by atoms with van der Waals surface area (Å²) in [6.07, 6.45) is -25.0. The predicted molar refractivity (Wildman–Crippen MR) is 360 cm³/mol. The highest BCUT2D eigenvalue weighted by Crippen LogP contribution is 2.41. The second-order valence-corrected chi connectivity index (χ2v) is 26.5. The third-order valence-corrected chi connectivity index (χ3v) is 20.7. The molecule has 12 aliphatic rings. The lowest BCUT2D eigenvalue weighted by molar-refractivity contribution is -0.152. The van der Waals surface area contributed by atoms with E-state index in [2.05, 4.69) is 12.1 Å². The van der Waals surface area contributed by atoms with Crippen LogP contribution in [0.15, 0.2) is 91.0 Å². The van der Waals surface area contributed by atoms with Gasteiger partial charge in [-0.1, -0.05) is 131 Å². The van der Waals surface area contributed by atoms with Gasteiger partial charge in [0, 0.05) is 108 Å². The quantitative estimate of drug-likeness (QED) is 0.195. The zero-order valence-electron chi connectivity index (χ0n) is 76.9. The molecule has 16 rings (SSSR count). The van der Waals surface area contributed by atoms with Gasteiger partial charge in [0.25, 0.3) is 0 Å². The van der Waals surface area contributed by atoms with E-state index in [4.69, 9.17) is 31.5 Å². The second kappa shape index (κ2) is 29.5. The van der Waals surface area contributed by atoms with Crippen LogP contribution in [-0.2, 0) is 64.0 Å². The van der Waals surface area contributed by atoms with Crippen LogP contribution in [-0.4, -0.2) is 165 Å². The van der Waals surface area contributed by atoms with E-state index in [0.29, 0.717) is 84.1 Å². The van der Waals surface area contributed by atoms with Gasteiger partial charge in [-0.15, -0.1) is 0 Å². The molecular formula is C78H99FN8O8. The standard InChI is InChI=1S/C20H25FN2O2.C20H26N2O2.2C19H24N2O2/c1-13-2-4-15(5-3-13)20(25)22-11-18-17-10-16(21)7-6-14(17)8-9-23(18)19(24)12-22;1-14-6-8-16(9-7-14)20(24)21-12-18-17-5-3-2-4-15(17)10-11-22(18)19(23)13-21;2*22-18-13-20(19(23)15-7-2-1-3-8-15)12-17-16-9-5-4-6-14(16)10-11-21(17)18/h6-7,10,13,15,18H,2-5,8-9,11-12H2,1H3;2-5,14,16,18H,6-13H2,1H3;2*4-6,9,15,17H,1-3,7-8,10-13H2/i13D;6D2,7D2,8D2,9D2,14D;1D2,2D2,3D2,7D2,8D2,15D;1D2. The molecule has 4 aliphatic carbocycles. The van der Waals surface area contributed by atoms with Gasteiger partial charge in [-0.25, -0.2) is 4.39 Å². The van der Waals surface area contributed by atoms with Crippen molar-refractivity contribution in [1.82, 2.24) is 39.2 Å². The van der Waals surface area contributed by atoms with Crippen molar-refractivity contribution in [3.05, 3.63) is 141 Å². The molecule has 0 N–H and O–H groups in total. The summed E-state index contributed by atoms with van der Waals surface area (Å²) >= 11 is 0. The van der Waals surface area contributed by atoms with Crippen molar-refractivity contribution in [2.75, 3.05) is 78.5 Å². The first-order chi connectivity index (χ1) is 54.7. The Balaban J connectivity index is 0.000000137. The van der Waals surface area contributed by atoms with Crippen LogP contribution in [0, 0.1) is 41.3 Å². The van der Waals surface area contributed by atoms with E-state index < -0.39 is 130 Å². The fourth-order valence-electron chi connectivity index (χ4n) is 15.6. The van der Waals surface area contributed by atoms with Crippen molar-refractivity contribution >= 4 is 47.3 Å². The molecule has 0 bridgehead atoms. The van der Waals surface area contributed by atoms with E-state index in [1.54, 1.807) is 42.7 Å². The van der Waals surface area contributed by atoms with Gasteiger partial charge in [-0.2, -0.15) is 0 Å². The van der Waals surface area contributed by atoms with Crippen LogP contribution >= 0.6 is 0 Å². The normalized spacial score (nSPS) is 38.1. The summed E-state index contributed by atoms with van der Waals surface area (Å²) in [6.45, 7) is 4.92. The number of halogens is 1. The fourth-order valence-corrected chi connectivity index (χ4v) is 15.6. The molecule has 17 heteroatoms. The van der Waals surface area contributed by atoms with Crippen molar-refractivity contribution in [2.24, 2.45) is 35.4 Å². The lowest BCUT2D eigenvalue weighted by atomic mass is 9.82. The summed E-state index contributed by atoms with van der Waals surface area (Å²) in [4.78, 5) is 116. The van der Waals surface area contributed by atoms with E-state index in [-0.39, 0.29) is 85.5 Å². The monoisotopic (exact) mass is 1320 g/mol. The third kappa shape index (κ3) is 14.5. The molecule has 8 amide bonds. The minimum atomic E-state index is -3.79. The Labute approximate surface area is 593 Å². The first kappa shape index (κ1) is 43.7. The number of hydrogen-bond donors (Lipinski definition) is 0. The lowest BCUT2D eigenvalue weighted by Crippen LogP contribution is -2.56. The molecule has 16 nitrogen and oxygen atoms in total. The average molecular weight is 1320 g/mol. The van der Waals surface area contributed by atoms with Crippen molar-refractivity contribution < 1.29 is 74.3 Å². The zero-order valence-corrected chi connectivity index (χ0v) is 53.9. The molecule has 4 atom stereocenters. The molecule has 4 saturated heterocycles. The molecule has 4 aromatic rings. The summed E-state index contributed by atoms with van der Waals surface area (Å²) in [5, 5.41) is 0. The number of hydrogen-bond acceptors (Lipinski definition) is 8. The van der Waals surface area contributed by atoms with E-state index in [9.17, 15) is 42.7 Å². The van der Waals surface area contributed by atoms with Crippen LogP contribution < -0.4 is 0 Å². The smallest absolute Gasteiger partial charge is 0.242 e. The predicted octanol–water partition coefficient (Wildman–Crippen LogP) is 10.8. The van der Waals surface area contributed by atoms with Gasteiger partial charge in [-0.05, 0) is 171 Å². The first-order valence-electron chi connectivity index (χ1n) is 45.0. The highest BCUT2D eigenvalue weighted by Gasteiger charge is 2.45. The molecule has 4 saturated carbocycles. The van der Waals surface area contributed by atoms with Crippen molar-refractivity contribution in [3.8, 4) is 0 Å². The molecule has 0 aromatic heterocycles. The molecule has 8 aliphatic heterocycles. The van der Waals surface area contributed by atoms with Gasteiger partial charge < -0.3 is 39.2 Å². The van der Waals surface area contributed by atoms with Gasteiger partial charge in [0.05, 0.1) is 50.3 Å². The molecule has 8 heterocycles. The Bertz CT molecular complexity index is 4590. The highest BCUT2D eigenvalue weighted by atomic mass is 19.1. The number of amides is 8. The Morgan fingerprint density at radius 2 is 0.768 bits per heavy atom. The minimum Gasteiger partial charge on any atom is -0.332 e. The number of carbonyl (C=O) groups is 8. The number of rotatable bonds is 4. The highest BCUT2D eigenvalue weighted by molar-refractivity contribution is 5.90. The third-order valence-electron chi connectivity index (χ3n) is 20.7. The van der Waals surface area contributed by atoms with E-state index in [1.165, 1.54) is 23.3 Å². The second-order valence-electron chi connectivity index (χ2n) is 26.5. The van der Waals surface area contributed by atoms with E-state index in [0.717, 1.165) is 82.3 Å².